The second-order valence-electron chi connectivity index (χ2n) is 5.12. The molecule has 0 saturated carbocycles. The molecule has 0 aliphatic rings. The molecular weight excluding hydrogens is 375 g/mol. The van der Waals surface area contributed by atoms with E-state index in [1.165, 1.54) is 0 Å². The lowest BCUT2D eigenvalue weighted by Crippen LogP contribution is -2.17. The van der Waals surface area contributed by atoms with Crippen molar-refractivity contribution >= 4 is 39.7 Å². The number of para-hydroxylation sites is 1. The van der Waals surface area contributed by atoms with Crippen molar-refractivity contribution in [2.24, 2.45) is 0 Å². The molecule has 10 heteroatoms. The molecule has 0 amide bonds. The van der Waals surface area contributed by atoms with Crippen LogP contribution in [-0.2, 0) is 0 Å². The predicted octanol–water partition coefficient (Wildman–Crippen LogP) is 5.44. The molecule has 6 nitrogen and oxygen atoms in total. The number of hydrogen-bond acceptors (Lipinski definition) is 5. The van der Waals surface area contributed by atoms with Gasteiger partial charge in [0, 0.05) is 5.39 Å². The van der Waals surface area contributed by atoms with Crippen LogP contribution in [0.2, 0.25) is 5.02 Å². The number of rotatable bonds is 4. The van der Waals surface area contributed by atoms with Crippen LogP contribution in [0.25, 0.3) is 10.9 Å². The fourth-order valence-corrected chi connectivity index (χ4v) is 2.51. The number of nitrogens with one attached hydrogen (secondary N) is 1. The number of nitro groups is 1. The first kappa shape index (κ1) is 17.7. The molecule has 0 aliphatic heterocycles. The highest BCUT2D eigenvalue weighted by Crippen LogP contribution is 2.34. The summed E-state index contributed by atoms with van der Waals surface area (Å²) in [4.78, 5) is 14.6. The van der Waals surface area contributed by atoms with E-state index in [1.807, 2.05) is 0 Å². The minimum atomic E-state index is -4.94. The molecule has 0 aliphatic carbocycles. The third kappa shape index (κ3) is 3.94. The fourth-order valence-electron chi connectivity index (χ4n) is 2.28. The second kappa shape index (κ2) is 6.68. The minimum Gasteiger partial charge on any atom is -0.406 e. The van der Waals surface area contributed by atoms with Gasteiger partial charge in [-0.1, -0.05) is 23.7 Å². The van der Waals surface area contributed by atoms with Gasteiger partial charge >= 0.3 is 6.36 Å². The Hall–Kier alpha value is -3.07. The maximum absolute atomic E-state index is 12.3. The number of fused-ring (bicyclic) bond motifs is 1. The van der Waals surface area contributed by atoms with E-state index in [0.717, 1.165) is 17.5 Å². The quantitative estimate of drug-likeness (QED) is 0.479. The molecule has 0 radical (unpaired) electrons. The first-order valence-corrected chi connectivity index (χ1v) is 7.47. The van der Waals surface area contributed by atoms with E-state index in [9.17, 15) is 23.3 Å². The van der Waals surface area contributed by atoms with Crippen molar-refractivity contribution in [2.75, 3.05) is 5.32 Å². The largest absolute Gasteiger partial charge is 0.573 e. The van der Waals surface area contributed by atoms with Crippen molar-refractivity contribution in [3.63, 3.8) is 0 Å². The lowest BCUT2D eigenvalue weighted by atomic mass is 10.2. The van der Waals surface area contributed by atoms with Gasteiger partial charge in [0.05, 0.1) is 21.5 Å². The Morgan fingerprint density at radius 2 is 1.92 bits per heavy atom. The van der Waals surface area contributed by atoms with Gasteiger partial charge in [-0.3, -0.25) is 10.1 Å². The van der Waals surface area contributed by atoms with Crippen LogP contribution < -0.4 is 10.1 Å². The Kier molecular flexibility index (Phi) is 4.56. The van der Waals surface area contributed by atoms with Crippen molar-refractivity contribution in [3.05, 3.63) is 63.7 Å². The normalized spacial score (nSPS) is 11.4. The summed E-state index contributed by atoms with van der Waals surface area (Å²) in [6.07, 6.45) is -4.94. The van der Waals surface area contributed by atoms with E-state index in [-0.39, 0.29) is 11.5 Å². The number of hydrogen-bond donors (Lipinski definition) is 1. The minimum absolute atomic E-state index is 0.0385. The van der Waals surface area contributed by atoms with Gasteiger partial charge in [-0.05, 0) is 30.3 Å². The monoisotopic (exact) mass is 383 g/mol. The van der Waals surface area contributed by atoms with Crippen LogP contribution in [-0.4, -0.2) is 16.3 Å². The maximum atomic E-state index is 12.3. The van der Waals surface area contributed by atoms with E-state index >= 15 is 0 Å². The summed E-state index contributed by atoms with van der Waals surface area (Å²) >= 11 is 6.07. The molecular formula is C16H9ClF3N3O3. The number of nitrogens with zero attached hydrogens (tertiary/aromatic N) is 2. The van der Waals surface area contributed by atoms with Gasteiger partial charge in [-0.2, -0.15) is 0 Å². The summed E-state index contributed by atoms with van der Waals surface area (Å²) in [5, 5.41) is 15.1. The number of benzene rings is 2. The Morgan fingerprint density at radius 3 is 2.62 bits per heavy atom. The third-order valence-corrected chi connectivity index (χ3v) is 3.64. The smallest absolute Gasteiger partial charge is 0.406 e. The van der Waals surface area contributed by atoms with E-state index in [4.69, 9.17) is 11.6 Å². The van der Waals surface area contributed by atoms with Crippen molar-refractivity contribution in [2.45, 2.75) is 6.36 Å². The van der Waals surface area contributed by atoms with Crippen LogP contribution in [0.5, 0.6) is 5.75 Å². The van der Waals surface area contributed by atoms with Crippen LogP contribution in [0.4, 0.5) is 30.4 Å². The highest BCUT2D eigenvalue weighted by Gasteiger charge is 2.32. The van der Waals surface area contributed by atoms with Crippen molar-refractivity contribution < 1.29 is 22.8 Å². The zero-order chi connectivity index (χ0) is 18.9. The molecule has 0 fully saturated rings. The fraction of sp³-hybridized carbons (Fsp3) is 0.0625. The zero-order valence-electron chi connectivity index (χ0n) is 12.7. The van der Waals surface area contributed by atoms with Crippen LogP contribution in [0, 0.1) is 10.1 Å². The molecule has 1 heterocycles. The van der Waals surface area contributed by atoms with Crippen molar-refractivity contribution in [3.8, 4) is 5.75 Å². The van der Waals surface area contributed by atoms with Gasteiger partial charge in [0.15, 0.2) is 0 Å². The van der Waals surface area contributed by atoms with Gasteiger partial charge < -0.3 is 10.1 Å². The van der Waals surface area contributed by atoms with E-state index in [0.29, 0.717) is 16.6 Å². The average molecular weight is 384 g/mol. The van der Waals surface area contributed by atoms with Crippen LogP contribution in [0.15, 0.2) is 48.5 Å². The topological polar surface area (TPSA) is 77.3 Å². The Morgan fingerprint density at radius 1 is 1.15 bits per heavy atom. The summed E-state index contributed by atoms with van der Waals surface area (Å²) in [6.45, 7) is 0. The molecule has 0 unspecified atom stereocenters. The molecule has 1 aromatic heterocycles. The summed E-state index contributed by atoms with van der Waals surface area (Å²) in [5.74, 6) is -0.442. The Balaban J connectivity index is 1.96. The molecule has 134 valence electrons. The average Bonchev–Trinajstić information content (AvgIpc) is 2.55. The van der Waals surface area contributed by atoms with Gasteiger partial charge in [-0.15, -0.1) is 13.2 Å². The maximum Gasteiger partial charge on any atom is 0.573 e. The molecule has 0 spiro atoms. The third-order valence-electron chi connectivity index (χ3n) is 3.33. The van der Waals surface area contributed by atoms with Crippen molar-refractivity contribution in [1.82, 2.24) is 4.98 Å². The first-order valence-electron chi connectivity index (χ1n) is 7.09. The van der Waals surface area contributed by atoms with E-state index in [2.05, 4.69) is 15.0 Å². The first-order chi connectivity index (χ1) is 12.2. The molecule has 0 atom stereocenters. The number of aromatic nitrogens is 1. The lowest BCUT2D eigenvalue weighted by Gasteiger charge is -2.11. The SMILES string of the molecule is O=[N+]([O-])c1cc(OC(F)(F)F)ccc1Nc1ccc2cccc(Cl)c2n1. The van der Waals surface area contributed by atoms with Gasteiger partial charge in [-0.25, -0.2) is 4.98 Å². The number of alkyl halides is 3. The van der Waals surface area contributed by atoms with Crippen LogP contribution in [0.3, 0.4) is 0 Å². The van der Waals surface area contributed by atoms with Crippen LogP contribution in [0.1, 0.15) is 0 Å². The molecule has 3 aromatic rings. The number of pyridine rings is 1. The zero-order valence-corrected chi connectivity index (χ0v) is 13.5. The molecule has 0 bridgehead atoms. The number of anilines is 2. The summed E-state index contributed by atoms with van der Waals surface area (Å²) < 4.78 is 40.5. The Labute approximate surface area is 149 Å². The number of nitro benzene ring substituents is 1. The van der Waals surface area contributed by atoms with E-state index in [1.54, 1.807) is 30.3 Å². The lowest BCUT2D eigenvalue weighted by molar-refractivity contribution is -0.384. The highest BCUT2D eigenvalue weighted by molar-refractivity contribution is 6.35. The summed E-state index contributed by atoms with van der Waals surface area (Å²) in [6, 6.07) is 11.2. The molecule has 1 N–H and O–H groups in total. The molecule has 3 rings (SSSR count). The van der Waals surface area contributed by atoms with Crippen molar-refractivity contribution in [1.29, 1.82) is 0 Å². The predicted molar refractivity (Wildman–Crippen MR) is 89.8 cm³/mol. The standard InChI is InChI=1S/C16H9ClF3N3O3/c17-11-3-1-2-9-4-7-14(22-15(9)11)21-12-6-5-10(26-16(18,19)20)8-13(12)23(24)25/h1-8H,(H,21,22). The van der Waals surface area contributed by atoms with Crippen LogP contribution >= 0.6 is 11.6 Å². The second-order valence-corrected chi connectivity index (χ2v) is 5.52. The number of halogens is 4. The molecule has 26 heavy (non-hydrogen) atoms. The van der Waals surface area contributed by atoms with Gasteiger partial charge in [0.25, 0.3) is 5.69 Å². The summed E-state index contributed by atoms with van der Waals surface area (Å²) in [7, 11) is 0. The van der Waals surface area contributed by atoms with E-state index < -0.39 is 22.7 Å². The Bertz CT molecular complexity index is 995. The molecule has 0 saturated heterocycles. The molecule has 2 aromatic carbocycles. The van der Waals surface area contributed by atoms with Gasteiger partial charge in [0.1, 0.15) is 17.3 Å². The number of ether oxygens (including phenoxy) is 1. The van der Waals surface area contributed by atoms with Gasteiger partial charge in [0.2, 0.25) is 0 Å². The highest BCUT2D eigenvalue weighted by atomic mass is 35.5. The summed E-state index contributed by atoms with van der Waals surface area (Å²) in [5.41, 5.74) is -0.143.